The third-order valence-corrected chi connectivity index (χ3v) is 6.09. The van der Waals surface area contributed by atoms with E-state index in [0.29, 0.717) is 16.6 Å². The molecule has 182 valence electrons. The van der Waals surface area contributed by atoms with Crippen molar-refractivity contribution in [2.45, 2.75) is 6.92 Å². The zero-order valence-electron chi connectivity index (χ0n) is 20.4. The highest BCUT2D eigenvalue weighted by Crippen LogP contribution is 2.38. The summed E-state index contributed by atoms with van der Waals surface area (Å²) < 4.78 is 2.14. The largest absolute Gasteiger partial charge is 0.384 e. The Kier molecular flexibility index (Phi) is 6.30. The lowest BCUT2D eigenvalue weighted by molar-refractivity contribution is -0.114. The first kappa shape index (κ1) is 23.6. The average molecular weight is 488 g/mol. The second-order valence-corrected chi connectivity index (χ2v) is 8.67. The smallest absolute Gasteiger partial charge is 0.221 e. The molecule has 0 fully saturated rings. The van der Waals surface area contributed by atoms with Gasteiger partial charge in [-0.25, -0.2) is 0 Å². The molecule has 0 spiro atoms. The minimum Gasteiger partial charge on any atom is -0.384 e. The van der Waals surface area contributed by atoms with Gasteiger partial charge < -0.3 is 15.6 Å². The number of carbonyl (C=O) groups is 1. The van der Waals surface area contributed by atoms with E-state index in [2.05, 4.69) is 37.5 Å². The van der Waals surface area contributed by atoms with Gasteiger partial charge in [0, 0.05) is 36.2 Å². The van der Waals surface area contributed by atoms with Crippen molar-refractivity contribution >= 4 is 33.9 Å². The number of amidine groups is 1. The first-order valence-electron chi connectivity index (χ1n) is 11.7. The number of aromatic nitrogens is 1. The van der Waals surface area contributed by atoms with Gasteiger partial charge in [-0.1, -0.05) is 54.6 Å². The van der Waals surface area contributed by atoms with E-state index in [9.17, 15) is 4.79 Å². The maximum atomic E-state index is 11.7. The van der Waals surface area contributed by atoms with Gasteiger partial charge in [0.25, 0.3) is 0 Å². The van der Waals surface area contributed by atoms with Crippen LogP contribution >= 0.6 is 0 Å². The van der Waals surface area contributed by atoms with E-state index in [4.69, 9.17) is 11.1 Å². The second-order valence-electron chi connectivity index (χ2n) is 8.67. The first-order chi connectivity index (χ1) is 17.9. The number of rotatable bonds is 5. The number of benzene rings is 4. The Balaban J connectivity index is 1.66. The summed E-state index contributed by atoms with van der Waals surface area (Å²) in [5.41, 5.74) is 11.6. The van der Waals surface area contributed by atoms with Crippen LogP contribution in [0.4, 0.5) is 11.4 Å². The summed E-state index contributed by atoms with van der Waals surface area (Å²) >= 11 is 0. The van der Waals surface area contributed by atoms with Gasteiger partial charge in [0.05, 0.1) is 22.4 Å². The van der Waals surface area contributed by atoms with E-state index < -0.39 is 0 Å². The van der Waals surface area contributed by atoms with E-state index >= 15 is 0 Å². The lowest BCUT2D eigenvalue weighted by atomic mass is 9.95. The lowest BCUT2D eigenvalue weighted by Crippen LogP contribution is -2.10. The van der Waals surface area contributed by atoms with Crippen LogP contribution in [-0.2, 0) is 11.8 Å². The standard InChI is InChI=1S/C29H25N7O/c1-18(37)32-21-11-13-24-25-14-12-23(34-35-33-22-10-6-9-20(15-22)29(30)31)17-27(25)36(2)28(26(24)16-21)19-7-4-3-5-8-19/h3-17H,1-2H3,(H3,30,31)(H,32,37)/b34-23+,35-33?. The molecule has 0 aromatic heterocycles. The molecule has 3 aromatic rings. The summed E-state index contributed by atoms with van der Waals surface area (Å²) in [6, 6.07) is 29.0. The molecule has 37 heavy (non-hydrogen) atoms. The SMILES string of the molecule is CC(=O)Nc1ccc2c3cc/c(=N\N=Nc4cccc(C(=N)N)c4)cc-3n(C)c(-c3ccccc3)c2c1. The van der Waals surface area contributed by atoms with Crippen molar-refractivity contribution in [3.8, 4) is 22.5 Å². The molecule has 2 aliphatic rings. The van der Waals surface area contributed by atoms with E-state index in [0.717, 1.165) is 39.0 Å². The van der Waals surface area contributed by atoms with Crippen LogP contribution in [0.1, 0.15) is 12.5 Å². The van der Waals surface area contributed by atoms with Gasteiger partial charge in [0.1, 0.15) is 5.84 Å². The molecule has 1 aliphatic carbocycles. The van der Waals surface area contributed by atoms with Gasteiger partial charge in [-0.2, -0.15) is 0 Å². The monoisotopic (exact) mass is 487 g/mol. The Morgan fingerprint density at radius 3 is 2.49 bits per heavy atom. The number of nitrogens with two attached hydrogens (primary N) is 1. The van der Waals surface area contributed by atoms with Crippen molar-refractivity contribution in [1.29, 1.82) is 5.41 Å². The number of anilines is 1. The average Bonchev–Trinajstić information content (AvgIpc) is 2.89. The van der Waals surface area contributed by atoms with Crippen molar-refractivity contribution in [2.24, 2.45) is 28.2 Å². The van der Waals surface area contributed by atoms with E-state index in [-0.39, 0.29) is 11.7 Å². The van der Waals surface area contributed by atoms with Gasteiger partial charge in [0.2, 0.25) is 5.91 Å². The third kappa shape index (κ3) is 4.85. The highest BCUT2D eigenvalue weighted by atomic mass is 16.1. The second kappa shape index (κ2) is 9.87. The molecule has 0 radical (unpaired) electrons. The molecule has 0 saturated carbocycles. The summed E-state index contributed by atoms with van der Waals surface area (Å²) in [4.78, 5) is 11.7. The quantitative estimate of drug-likeness (QED) is 0.0955. The van der Waals surface area contributed by atoms with Crippen molar-refractivity contribution in [3.63, 3.8) is 0 Å². The summed E-state index contributed by atoms with van der Waals surface area (Å²) in [5, 5.41) is 25.7. The number of nitrogens with one attached hydrogen (secondary N) is 2. The molecular weight excluding hydrogens is 462 g/mol. The molecule has 1 heterocycles. The van der Waals surface area contributed by atoms with Crippen LogP contribution < -0.4 is 16.4 Å². The fourth-order valence-corrected chi connectivity index (χ4v) is 4.45. The van der Waals surface area contributed by atoms with Crippen molar-refractivity contribution in [2.75, 3.05) is 5.32 Å². The molecule has 5 rings (SSSR count). The zero-order chi connectivity index (χ0) is 25.9. The predicted molar refractivity (Wildman–Crippen MR) is 147 cm³/mol. The summed E-state index contributed by atoms with van der Waals surface area (Å²) in [6.07, 6.45) is 0. The Morgan fingerprint density at radius 1 is 0.919 bits per heavy atom. The van der Waals surface area contributed by atoms with Gasteiger partial charge >= 0.3 is 0 Å². The minimum atomic E-state index is -0.112. The highest BCUT2D eigenvalue weighted by Gasteiger charge is 2.17. The molecule has 0 bridgehead atoms. The molecule has 1 amide bonds. The summed E-state index contributed by atoms with van der Waals surface area (Å²) in [7, 11) is 2.02. The van der Waals surface area contributed by atoms with Crippen molar-refractivity contribution < 1.29 is 4.79 Å². The summed E-state index contributed by atoms with van der Waals surface area (Å²) in [6.45, 7) is 1.51. The predicted octanol–water partition coefficient (Wildman–Crippen LogP) is 5.79. The fraction of sp³-hybridized carbons (Fsp3) is 0.0690. The maximum absolute atomic E-state index is 11.7. The Hall–Kier alpha value is -5.11. The molecule has 0 saturated heterocycles. The van der Waals surface area contributed by atoms with Crippen LogP contribution in [0.3, 0.4) is 0 Å². The van der Waals surface area contributed by atoms with Crippen LogP contribution in [0.15, 0.2) is 106 Å². The zero-order valence-corrected chi connectivity index (χ0v) is 20.4. The van der Waals surface area contributed by atoms with E-state index in [1.165, 1.54) is 6.92 Å². The van der Waals surface area contributed by atoms with Gasteiger partial charge in [-0.3, -0.25) is 10.2 Å². The van der Waals surface area contributed by atoms with Crippen molar-refractivity contribution in [3.05, 3.63) is 102 Å². The van der Waals surface area contributed by atoms with Crippen LogP contribution in [0.25, 0.3) is 33.3 Å². The van der Waals surface area contributed by atoms with Crippen molar-refractivity contribution in [1.82, 2.24) is 4.57 Å². The third-order valence-electron chi connectivity index (χ3n) is 6.09. The Morgan fingerprint density at radius 2 is 1.73 bits per heavy atom. The van der Waals surface area contributed by atoms with Crippen LogP contribution in [0.2, 0.25) is 0 Å². The number of hydrogen-bond acceptors (Lipinski definition) is 4. The number of amides is 1. The number of nitrogens with zero attached hydrogens (tertiary/aromatic N) is 4. The maximum Gasteiger partial charge on any atom is 0.221 e. The van der Waals surface area contributed by atoms with Crippen LogP contribution in [-0.4, -0.2) is 16.3 Å². The molecule has 8 heteroatoms. The first-order valence-corrected chi connectivity index (χ1v) is 11.7. The number of nitrogen functional groups attached to an aromatic ring is 1. The van der Waals surface area contributed by atoms with E-state index in [1.54, 1.807) is 24.3 Å². The molecule has 8 nitrogen and oxygen atoms in total. The molecule has 0 atom stereocenters. The molecule has 4 N–H and O–H groups in total. The molecule has 0 unspecified atom stereocenters. The molecule has 1 aliphatic heterocycles. The number of carbonyl (C=O) groups excluding carboxylic acids is 1. The van der Waals surface area contributed by atoms with Crippen LogP contribution in [0, 0.1) is 5.41 Å². The summed E-state index contributed by atoms with van der Waals surface area (Å²) in [5.74, 6) is -0.138. The van der Waals surface area contributed by atoms with Crippen LogP contribution in [0.5, 0.6) is 0 Å². The minimum absolute atomic E-state index is 0.0262. The fourth-order valence-electron chi connectivity index (χ4n) is 4.45. The van der Waals surface area contributed by atoms with Gasteiger partial charge in [-0.15, -0.1) is 10.2 Å². The van der Waals surface area contributed by atoms with E-state index in [1.807, 2.05) is 61.6 Å². The molecular formula is C29H25N7O. The molecule has 3 aromatic carbocycles. The topological polar surface area (TPSA) is 121 Å². The highest BCUT2D eigenvalue weighted by molar-refractivity contribution is 6.06. The Bertz CT molecular complexity index is 1720. The Labute approximate surface area is 213 Å². The van der Waals surface area contributed by atoms with Gasteiger partial charge in [0.15, 0.2) is 0 Å². The normalized spacial score (nSPS) is 11.9. The number of hydrogen-bond donors (Lipinski definition) is 3. The number of pyridine rings is 1. The van der Waals surface area contributed by atoms with Gasteiger partial charge in [-0.05, 0) is 52.6 Å². The lowest BCUT2D eigenvalue weighted by Gasteiger charge is -2.22. The number of fused-ring (bicyclic) bond motifs is 3.